The summed E-state index contributed by atoms with van der Waals surface area (Å²) in [6, 6.07) is 2.56. The zero-order valence-corrected chi connectivity index (χ0v) is 16.6. The van der Waals surface area contributed by atoms with Crippen LogP contribution in [0.1, 0.15) is 41.0 Å². The predicted molar refractivity (Wildman–Crippen MR) is 92.5 cm³/mol. The van der Waals surface area contributed by atoms with Gasteiger partial charge >= 0.3 is 12.3 Å². The maximum atomic E-state index is 12.5. The predicted octanol–water partition coefficient (Wildman–Crippen LogP) is 3.62. The lowest BCUT2D eigenvalue weighted by atomic mass is 10.00. The van der Waals surface area contributed by atoms with Gasteiger partial charge in [-0.2, -0.15) is 4.72 Å². The maximum absolute atomic E-state index is 12.5. The van der Waals surface area contributed by atoms with Crippen molar-refractivity contribution in [3.05, 3.63) is 24.3 Å². The number of halogens is 3. The van der Waals surface area contributed by atoms with E-state index in [0.29, 0.717) is 6.42 Å². The van der Waals surface area contributed by atoms with E-state index in [9.17, 15) is 26.4 Å². The lowest BCUT2D eigenvalue weighted by molar-refractivity contribution is -0.274. The van der Waals surface area contributed by atoms with Gasteiger partial charge in [0.05, 0.1) is 4.90 Å². The Morgan fingerprint density at radius 2 is 1.67 bits per heavy atom. The number of esters is 1. The highest BCUT2D eigenvalue weighted by Crippen LogP contribution is 2.24. The fraction of sp³-hybridized carbons (Fsp3) is 0.588. The zero-order chi connectivity index (χ0) is 21.0. The van der Waals surface area contributed by atoms with Crippen molar-refractivity contribution < 1.29 is 35.9 Å². The van der Waals surface area contributed by atoms with Gasteiger partial charge < -0.3 is 9.47 Å². The topological polar surface area (TPSA) is 81.7 Å². The third-order valence-electron chi connectivity index (χ3n) is 3.52. The average molecular weight is 411 g/mol. The van der Waals surface area contributed by atoms with Crippen molar-refractivity contribution in [1.29, 1.82) is 0 Å². The van der Waals surface area contributed by atoms with Crippen LogP contribution < -0.4 is 9.46 Å². The summed E-state index contributed by atoms with van der Waals surface area (Å²) in [6.45, 7) is 8.46. The highest BCUT2D eigenvalue weighted by Gasteiger charge is 2.34. The van der Waals surface area contributed by atoms with Crippen LogP contribution in [0.4, 0.5) is 13.2 Å². The summed E-state index contributed by atoms with van der Waals surface area (Å²) in [5.74, 6) is -1.63. The van der Waals surface area contributed by atoms with Gasteiger partial charge in [-0.15, -0.1) is 13.2 Å². The Balaban J connectivity index is 3.04. The van der Waals surface area contributed by atoms with E-state index in [-0.39, 0.29) is 10.8 Å². The van der Waals surface area contributed by atoms with Crippen LogP contribution >= 0.6 is 0 Å². The lowest BCUT2D eigenvalue weighted by Gasteiger charge is -2.27. The van der Waals surface area contributed by atoms with E-state index in [1.54, 1.807) is 34.6 Å². The van der Waals surface area contributed by atoms with Gasteiger partial charge in [0.25, 0.3) is 0 Å². The van der Waals surface area contributed by atoms with E-state index in [4.69, 9.17) is 4.74 Å². The van der Waals surface area contributed by atoms with Gasteiger partial charge in [0, 0.05) is 0 Å². The van der Waals surface area contributed by atoms with E-state index in [2.05, 4.69) is 9.46 Å². The van der Waals surface area contributed by atoms with Crippen LogP contribution in [0.5, 0.6) is 5.75 Å². The summed E-state index contributed by atoms with van der Waals surface area (Å²) in [5, 5.41) is 0. The van der Waals surface area contributed by atoms with E-state index < -0.39 is 39.7 Å². The van der Waals surface area contributed by atoms with Crippen LogP contribution in [0.3, 0.4) is 0 Å². The first-order valence-electron chi connectivity index (χ1n) is 8.25. The normalized spacial score (nSPS) is 15.1. The van der Waals surface area contributed by atoms with Gasteiger partial charge in [-0.05, 0) is 51.0 Å². The van der Waals surface area contributed by atoms with Crippen molar-refractivity contribution in [2.45, 2.75) is 63.9 Å². The Kier molecular flexibility index (Phi) is 7.29. The van der Waals surface area contributed by atoms with Crippen LogP contribution in [-0.4, -0.2) is 32.4 Å². The van der Waals surface area contributed by atoms with Gasteiger partial charge in [0.1, 0.15) is 17.4 Å². The Labute approximate surface area is 157 Å². The largest absolute Gasteiger partial charge is 0.573 e. The second-order valence-electron chi connectivity index (χ2n) is 7.04. The minimum absolute atomic E-state index is 0.297. The summed E-state index contributed by atoms with van der Waals surface area (Å²) in [6.07, 6.45) is -4.37. The number of ether oxygens (including phenoxy) is 2. The molecule has 1 rings (SSSR count). The minimum atomic E-state index is -4.88. The number of sulfonamides is 1. The Hall–Kier alpha value is -1.81. The average Bonchev–Trinajstić information content (AvgIpc) is 2.49. The first kappa shape index (κ1) is 23.2. The van der Waals surface area contributed by atoms with Gasteiger partial charge in [0.2, 0.25) is 10.0 Å². The molecular formula is C17H24F3NO5S. The number of hydrogen-bond acceptors (Lipinski definition) is 5. The highest BCUT2D eigenvalue weighted by atomic mass is 32.2. The van der Waals surface area contributed by atoms with Gasteiger partial charge in [-0.3, -0.25) is 4.79 Å². The molecule has 154 valence electrons. The number of rotatable bonds is 7. The molecule has 1 N–H and O–H groups in total. The highest BCUT2D eigenvalue weighted by molar-refractivity contribution is 7.89. The van der Waals surface area contributed by atoms with Gasteiger partial charge in [-0.1, -0.05) is 20.3 Å². The van der Waals surface area contributed by atoms with Crippen LogP contribution in [-0.2, 0) is 19.6 Å². The van der Waals surface area contributed by atoms with Crippen molar-refractivity contribution in [1.82, 2.24) is 4.72 Å². The summed E-state index contributed by atoms with van der Waals surface area (Å²) < 4.78 is 72.9. The molecule has 0 aliphatic rings. The molecule has 1 aromatic carbocycles. The van der Waals surface area contributed by atoms with Crippen molar-refractivity contribution in [2.24, 2.45) is 5.92 Å². The minimum Gasteiger partial charge on any atom is -0.459 e. The quantitative estimate of drug-likeness (QED) is 0.693. The summed E-state index contributed by atoms with van der Waals surface area (Å²) >= 11 is 0. The molecule has 0 saturated carbocycles. The molecule has 0 amide bonds. The van der Waals surface area contributed by atoms with E-state index in [1.807, 2.05) is 0 Å². The fourth-order valence-corrected chi connectivity index (χ4v) is 3.35. The van der Waals surface area contributed by atoms with E-state index in [1.165, 1.54) is 0 Å². The SMILES string of the molecule is CC[C@H](C)[C@@H](NS(=O)(=O)c1ccc(OC(F)(F)F)cc1)C(=O)OC(C)(C)C. The Morgan fingerprint density at radius 1 is 1.15 bits per heavy atom. The Morgan fingerprint density at radius 3 is 2.07 bits per heavy atom. The molecule has 2 atom stereocenters. The number of carbonyl (C=O) groups excluding carboxylic acids is 1. The third kappa shape index (κ3) is 7.76. The van der Waals surface area contributed by atoms with Crippen molar-refractivity contribution in [3.8, 4) is 5.75 Å². The number of hydrogen-bond donors (Lipinski definition) is 1. The molecule has 1 aromatic rings. The van der Waals surface area contributed by atoms with Crippen molar-refractivity contribution in [3.63, 3.8) is 0 Å². The zero-order valence-electron chi connectivity index (χ0n) is 15.8. The maximum Gasteiger partial charge on any atom is 0.573 e. The number of carbonyl (C=O) groups is 1. The number of alkyl halides is 3. The first-order chi connectivity index (χ1) is 12.1. The molecule has 27 heavy (non-hydrogen) atoms. The molecule has 0 unspecified atom stereocenters. The standard InChI is InChI=1S/C17H24F3NO5S/c1-6-11(2)14(15(22)26-16(3,4)5)21-27(23,24)13-9-7-12(8-10-13)25-17(18,19)20/h7-11,14,21H,6H2,1-5H3/t11-,14+/m0/s1. The second kappa shape index (κ2) is 8.47. The first-order valence-corrected chi connectivity index (χ1v) is 9.74. The smallest absolute Gasteiger partial charge is 0.459 e. The summed E-state index contributed by atoms with van der Waals surface area (Å²) in [7, 11) is -4.16. The molecule has 0 aliphatic heterocycles. The molecule has 6 nitrogen and oxygen atoms in total. The molecule has 0 radical (unpaired) electrons. The molecule has 0 bridgehead atoms. The number of nitrogens with one attached hydrogen (secondary N) is 1. The molecule has 0 heterocycles. The Bertz CT molecular complexity index is 739. The summed E-state index contributed by atoms with van der Waals surface area (Å²) in [5.41, 5.74) is -0.801. The monoisotopic (exact) mass is 411 g/mol. The molecule has 0 fully saturated rings. The van der Waals surface area contributed by atoms with Crippen molar-refractivity contribution >= 4 is 16.0 Å². The molecule has 10 heteroatoms. The number of benzene rings is 1. The van der Waals surface area contributed by atoms with Crippen molar-refractivity contribution in [2.75, 3.05) is 0 Å². The molecule has 0 aliphatic carbocycles. The lowest BCUT2D eigenvalue weighted by Crippen LogP contribution is -2.47. The molecule has 0 aromatic heterocycles. The van der Waals surface area contributed by atoms with E-state index in [0.717, 1.165) is 24.3 Å². The molecule has 0 saturated heterocycles. The third-order valence-corrected chi connectivity index (χ3v) is 4.98. The second-order valence-corrected chi connectivity index (χ2v) is 8.75. The van der Waals surface area contributed by atoms with Crippen LogP contribution in [0, 0.1) is 5.92 Å². The molecular weight excluding hydrogens is 387 g/mol. The van der Waals surface area contributed by atoms with Gasteiger partial charge in [-0.25, -0.2) is 8.42 Å². The van der Waals surface area contributed by atoms with Gasteiger partial charge in [0.15, 0.2) is 0 Å². The van der Waals surface area contributed by atoms with E-state index >= 15 is 0 Å². The van der Waals surface area contributed by atoms with Crippen LogP contribution in [0.25, 0.3) is 0 Å². The fourth-order valence-electron chi connectivity index (χ4n) is 2.05. The van der Waals surface area contributed by atoms with Crippen LogP contribution in [0.2, 0.25) is 0 Å². The van der Waals surface area contributed by atoms with Crippen LogP contribution in [0.15, 0.2) is 29.2 Å². The summed E-state index contributed by atoms with van der Waals surface area (Å²) in [4.78, 5) is 12.1. The molecule has 0 spiro atoms.